The van der Waals surface area contributed by atoms with Gasteiger partial charge in [-0.05, 0) is 13.8 Å². The molecule has 0 aromatic carbocycles. The summed E-state index contributed by atoms with van der Waals surface area (Å²) in [5.74, 6) is -1.34. The zero-order chi connectivity index (χ0) is 10.4. The minimum Gasteiger partial charge on any atom is -0.481 e. The monoisotopic (exact) mass is 192 g/mol. The molecule has 0 amide bonds. The van der Waals surface area contributed by atoms with Gasteiger partial charge in [0.1, 0.15) is 5.71 Å². The second-order valence-corrected chi connectivity index (χ2v) is 2.51. The summed E-state index contributed by atoms with van der Waals surface area (Å²) < 4.78 is 24.1. The molecule has 0 atom stereocenters. The first-order valence-corrected chi connectivity index (χ1v) is 3.51. The maximum atomic E-state index is 12.0. The number of carboxylic acids is 1. The highest BCUT2D eigenvalue weighted by Crippen LogP contribution is 2.02. The predicted octanol–water partition coefficient (Wildman–Crippen LogP) is 1.56. The topological polar surface area (TPSA) is 62.0 Å². The Morgan fingerprint density at radius 2 is 1.92 bits per heavy atom. The molecular formula is C7H10F2N2O2. The summed E-state index contributed by atoms with van der Waals surface area (Å²) in [5, 5.41) is 14.7. The van der Waals surface area contributed by atoms with E-state index in [1.807, 2.05) is 0 Å². The quantitative estimate of drug-likeness (QED) is 0.542. The summed E-state index contributed by atoms with van der Waals surface area (Å²) in [5.41, 5.74) is -0.239. The van der Waals surface area contributed by atoms with Crippen molar-refractivity contribution in [3.8, 4) is 0 Å². The van der Waals surface area contributed by atoms with Crippen LogP contribution < -0.4 is 0 Å². The Balaban J connectivity index is 4.51. The van der Waals surface area contributed by atoms with Crippen LogP contribution in [0.25, 0.3) is 0 Å². The first-order valence-electron chi connectivity index (χ1n) is 3.51. The van der Waals surface area contributed by atoms with Crippen molar-refractivity contribution in [3.63, 3.8) is 0 Å². The number of carboxylic acid groups (broad SMARTS) is 1. The lowest BCUT2D eigenvalue weighted by Gasteiger charge is -1.98. The average Bonchev–Trinajstić information content (AvgIpc) is 1.96. The number of hydrogen-bond acceptors (Lipinski definition) is 3. The van der Waals surface area contributed by atoms with Gasteiger partial charge in [0, 0.05) is 5.71 Å². The van der Waals surface area contributed by atoms with E-state index < -0.39 is 24.5 Å². The van der Waals surface area contributed by atoms with Gasteiger partial charge >= 0.3 is 5.97 Å². The molecule has 0 spiro atoms. The molecule has 1 N–H and O–H groups in total. The summed E-state index contributed by atoms with van der Waals surface area (Å²) in [7, 11) is 0. The average molecular weight is 192 g/mol. The van der Waals surface area contributed by atoms with Crippen molar-refractivity contribution in [1.29, 1.82) is 0 Å². The van der Waals surface area contributed by atoms with E-state index in [9.17, 15) is 13.6 Å². The summed E-state index contributed by atoms with van der Waals surface area (Å²) in [4.78, 5) is 10.1. The van der Waals surface area contributed by atoms with Gasteiger partial charge in [-0.25, -0.2) is 8.78 Å². The van der Waals surface area contributed by atoms with Crippen LogP contribution in [0.15, 0.2) is 10.2 Å². The van der Waals surface area contributed by atoms with Crippen LogP contribution in [-0.4, -0.2) is 28.9 Å². The Kier molecular flexibility index (Phi) is 4.79. The lowest BCUT2D eigenvalue weighted by atomic mass is 10.3. The van der Waals surface area contributed by atoms with Crippen molar-refractivity contribution in [2.24, 2.45) is 10.2 Å². The molecule has 0 radical (unpaired) electrons. The third-order valence-corrected chi connectivity index (χ3v) is 0.963. The zero-order valence-electron chi connectivity index (χ0n) is 7.29. The molecule has 0 aliphatic heterocycles. The fourth-order valence-electron chi connectivity index (χ4n) is 0.475. The number of carbonyl (C=O) groups is 1. The smallest absolute Gasteiger partial charge is 0.309 e. The van der Waals surface area contributed by atoms with Crippen molar-refractivity contribution in [2.75, 3.05) is 0 Å². The lowest BCUT2D eigenvalue weighted by Crippen LogP contribution is -2.15. The number of aliphatic carboxylic acids is 1. The highest BCUT2D eigenvalue weighted by molar-refractivity contribution is 6.00. The summed E-state index contributed by atoms with van der Waals surface area (Å²) >= 11 is 0. The Morgan fingerprint density at radius 1 is 1.38 bits per heavy atom. The fraction of sp³-hybridized carbons (Fsp3) is 0.571. The van der Waals surface area contributed by atoms with Gasteiger partial charge in [0.05, 0.1) is 6.42 Å². The Hall–Kier alpha value is -1.33. The van der Waals surface area contributed by atoms with Crippen molar-refractivity contribution in [1.82, 2.24) is 0 Å². The fourth-order valence-corrected chi connectivity index (χ4v) is 0.475. The van der Waals surface area contributed by atoms with Gasteiger partial charge in [0.15, 0.2) is 0 Å². The van der Waals surface area contributed by atoms with Gasteiger partial charge in [-0.15, -0.1) is 0 Å². The Morgan fingerprint density at radius 3 is 2.23 bits per heavy atom. The van der Waals surface area contributed by atoms with Crippen LogP contribution in [0.2, 0.25) is 0 Å². The van der Waals surface area contributed by atoms with Crippen molar-refractivity contribution in [3.05, 3.63) is 0 Å². The summed E-state index contributed by atoms with van der Waals surface area (Å²) in [6.07, 6.45) is -3.66. The van der Waals surface area contributed by atoms with Crippen LogP contribution >= 0.6 is 0 Å². The number of hydrogen-bond donors (Lipinski definition) is 1. The highest BCUT2D eigenvalue weighted by Gasteiger charge is 2.16. The van der Waals surface area contributed by atoms with E-state index in [0.29, 0.717) is 5.71 Å². The molecule has 13 heavy (non-hydrogen) atoms. The van der Waals surface area contributed by atoms with Gasteiger partial charge in [-0.3, -0.25) is 4.79 Å². The van der Waals surface area contributed by atoms with Gasteiger partial charge in [0.25, 0.3) is 6.43 Å². The molecule has 0 heterocycles. The minimum atomic E-state index is -2.88. The third-order valence-electron chi connectivity index (χ3n) is 0.963. The third kappa shape index (κ3) is 5.89. The minimum absolute atomic E-state index is 0.489. The number of halogens is 2. The van der Waals surface area contributed by atoms with E-state index in [1.165, 1.54) is 0 Å². The van der Waals surface area contributed by atoms with Crippen LogP contribution in [0, 0.1) is 0 Å². The Labute approximate surface area is 74.0 Å². The van der Waals surface area contributed by atoms with Crippen molar-refractivity contribution >= 4 is 17.4 Å². The molecule has 4 nitrogen and oxygen atoms in total. The van der Waals surface area contributed by atoms with Crippen molar-refractivity contribution in [2.45, 2.75) is 26.7 Å². The molecule has 0 unspecified atom stereocenters. The predicted molar refractivity (Wildman–Crippen MR) is 44.5 cm³/mol. The molecule has 0 saturated heterocycles. The molecule has 0 bridgehead atoms. The van der Waals surface area contributed by atoms with Gasteiger partial charge in [0.2, 0.25) is 0 Å². The molecule has 0 saturated carbocycles. The maximum Gasteiger partial charge on any atom is 0.309 e. The standard InChI is InChI=1S/C7H10F2N2O2/c1-4(2)10-11-5(7(8)9)3-6(12)13/h7H,3H2,1-2H3,(H,12,13). The first-order chi connectivity index (χ1) is 5.93. The molecule has 0 rings (SSSR count). The van der Waals surface area contributed by atoms with E-state index in [-0.39, 0.29) is 0 Å². The SMILES string of the molecule is CC(C)=NN=C(CC(=O)O)C(F)F. The Bertz CT molecular complexity index is 245. The van der Waals surface area contributed by atoms with Gasteiger partial charge in [-0.1, -0.05) is 0 Å². The second kappa shape index (κ2) is 5.34. The van der Waals surface area contributed by atoms with E-state index >= 15 is 0 Å². The van der Waals surface area contributed by atoms with Crippen LogP contribution in [0.4, 0.5) is 8.78 Å². The number of nitrogens with zero attached hydrogens (tertiary/aromatic N) is 2. The molecular weight excluding hydrogens is 182 g/mol. The molecule has 74 valence electrons. The molecule has 0 aliphatic rings. The zero-order valence-corrected chi connectivity index (χ0v) is 7.29. The van der Waals surface area contributed by atoms with Crippen LogP contribution in [0.3, 0.4) is 0 Å². The summed E-state index contributed by atoms with van der Waals surface area (Å²) in [6.45, 7) is 3.15. The molecule has 0 fully saturated rings. The van der Waals surface area contributed by atoms with Gasteiger partial charge < -0.3 is 5.11 Å². The van der Waals surface area contributed by atoms with Crippen molar-refractivity contribution < 1.29 is 18.7 Å². The summed E-state index contributed by atoms with van der Waals surface area (Å²) in [6, 6.07) is 0. The second-order valence-electron chi connectivity index (χ2n) is 2.51. The number of rotatable bonds is 4. The first kappa shape index (κ1) is 11.7. The van der Waals surface area contributed by atoms with Crippen LogP contribution in [0.5, 0.6) is 0 Å². The normalized spacial score (nSPS) is 11.6. The van der Waals surface area contributed by atoms with E-state index in [4.69, 9.17) is 5.11 Å². The molecule has 6 heteroatoms. The van der Waals surface area contributed by atoms with E-state index in [2.05, 4.69) is 10.2 Å². The highest BCUT2D eigenvalue weighted by atomic mass is 19.3. The van der Waals surface area contributed by atoms with Crippen LogP contribution in [-0.2, 0) is 4.79 Å². The lowest BCUT2D eigenvalue weighted by molar-refractivity contribution is -0.135. The van der Waals surface area contributed by atoms with Gasteiger partial charge in [-0.2, -0.15) is 10.2 Å². The van der Waals surface area contributed by atoms with Crippen LogP contribution in [0.1, 0.15) is 20.3 Å². The van der Waals surface area contributed by atoms with E-state index in [1.54, 1.807) is 13.8 Å². The van der Waals surface area contributed by atoms with E-state index in [0.717, 1.165) is 0 Å². The molecule has 0 aromatic heterocycles. The molecule has 0 aliphatic carbocycles. The maximum absolute atomic E-state index is 12.0. The number of alkyl halides is 2. The largest absolute Gasteiger partial charge is 0.481 e. The molecule has 0 aromatic rings.